The molecule has 1 aromatic heterocycles. The van der Waals surface area contributed by atoms with E-state index in [0.29, 0.717) is 15.6 Å². The van der Waals surface area contributed by atoms with Crippen LogP contribution in [-0.2, 0) is 4.79 Å². The third-order valence-corrected chi connectivity index (χ3v) is 4.84. The number of carbonyl (C=O) groups excluding carboxylic acids is 1. The molecule has 3 rings (SSSR count). The highest BCUT2D eigenvalue weighted by Crippen LogP contribution is 2.39. The van der Waals surface area contributed by atoms with Gasteiger partial charge >= 0.3 is 12.0 Å². The first kappa shape index (κ1) is 16.1. The molecule has 124 valence electrons. The van der Waals surface area contributed by atoms with Gasteiger partial charge in [-0.05, 0) is 24.6 Å². The van der Waals surface area contributed by atoms with Crippen molar-refractivity contribution in [3.05, 3.63) is 46.3 Å². The van der Waals surface area contributed by atoms with E-state index in [1.165, 1.54) is 16.2 Å². The van der Waals surface area contributed by atoms with Crippen molar-refractivity contribution in [2.45, 2.75) is 6.92 Å². The van der Waals surface area contributed by atoms with Crippen molar-refractivity contribution in [2.24, 2.45) is 0 Å². The lowest BCUT2D eigenvalue weighted by atomic mass is 10.2. The Labute approximate surface area is 143 Å². The number of hydrogen-bond acceptors (Lipinski definition) is 4. The van der Waals surface area contributed by atoms with Crippen LogP contribution in [0.4, 0.5) is 15.5 Å². The number of nitrogens with zero attached hydrogens (tertiary/aromatic N) is 1. The first-order chi connectivity index (χ1) is 11.5. The van der Waals surface area contributed by atoms with Crippen LogP contribution < -0.4 is 15.0 Å². The molecule has 2 heterocycles. The van der Waals surface area contributed by atoms with Crippen LogP contribution in [0.1, 0.15) is 10.4 Å². The van der Waals surface area contributed by atoms with E-state index >= 15 is 0 Å². The summed E-state index contributed by atoms with van der Waals surface area (Å²) in [5.74, 6) is -0.406. The smallest absolute Gasteiger partial charge is 0.335 e. The second kappa shape index (κ2) is 6.37. The van der Waals surface area contributed by atoms with Crippen molar-refractivity contribution < 1.29 is 19.4 Å². The van der Waals surface area contributed by atoms with Crippen LogP contribution in [0.2, 0.25) is 0 Å². The van der Waals surface area contributed by atoms with Gasteiger partial charge in [-0.15, -0.1) is 11.3 Å². The Balaban J connectivity index is 1.79. The molecule has 2 amide bonds. The third kappa shape index (κ3) is 3.11. The molecule has 6 nitrogen and oxygen atoms in total. The lowest BCUT2D eigenvalue weighted by Crippen LogP contribution is -2.30. The van der Waals surface area contributed by atoms with Gasteiger partial charge in [0.2, 0.25) is 0 Å². The highest BCUT2D eigenvalue weighted by molar-refractivity contribution is 7.17. The number of carbonyl (C=O) groups is 2. The fraction of sp³-hybridized carbons (Fsp3) is 0.176. The zero-order valence-corrected chi connectivity index (χ0v) is 14.0. The summed E-state index contributed by atoms with van der Waals surface area (Å²) in [4.78, 5) is 25.6. The minimum Gasteiger partial charge on any atom is -0.487 e. The number of anilines is 2. The van der Waals surface area contributed by atoms with E-state index in [1.54, 1.807) is 19.2 Å². The van der Waals surface area contributed by atoms with Gasteiger partial charge in [0, 0.05) is 18.8 Å². The molecule has 0 aliphatic carbocycles. The Morgan fingerprint density at radius 2 is 2.08 bits per heavy atom. The summed E-state index contributed by atoms with van der Waals surface area (Å²) in [6.07, 6.45) is 1.59. The average molecular weight is 344 g/mol. The van der Waals surface area contributed by atoms with Crippen LogP contribution >= 0.6 is 11.3 Å². The van der Waals surface area contributed by atoms with Gasteiger partial charge in [-0.25, -0.2) is 9.59 Å². The number of nitrogens with one attached hydrogen (secondary N) is 1. The van der Waals surface area contributed by atoms with Gasteiger partial charge in [-0.2, -0.15) is 0 Å². The molecule has 1 aliphatic heterocycles. The molecule has 0 fully saturated rings. The Bertz CT molecular complexity index is 841. The van der Waals surface area contributed by atoms with E-state index in [1.807, 2.05) is 31.2 Å². The first-order valence-electron chi connectivity index (χ1n) is 7.26. The monoisotopic (exact) mass is 344 g/mol. The number of rotatable bonds is 3. The summed E-state index contributed by atoms with van der Waals surface area (Å²) < 4.78 is 5.45. The molecule has 0 radical (unpaired) electrons. The number of benzene rings is 1. The van der Waals surface area contributed by atoms with Crippen LogP contribution in [0.15, 0.2) is 35.9 Å². The van der Waals surface area contributed by atoms with Crippen molar-refractivity contribution in [3.63, 3.8) is 0 Å². The molecule has 0 bridgehead atoms. The lowest BCUT2D eigenvalue weighted by Gasteiger charge is -2.16. The summed E-state index contributed by atoms with van der Waals surface area (Å²) >= 11 is 1.31. The molecule has 2 aromatic rings. The number of hydrogen-bond donors (Lipinski definition) is 2. The van der Waals surface area contributed by atoms with Crippen molar-refractivity contribution in [1.29, 1.82) is 0 Å². The normalized spacial score (nSPS) is 12.7. The van der Waals surface area contributed by atoms with E-state index in [9.17, 15) is 9.59 Å². The first-order valence-corrected chi connectivity index (χ1v) is 8.08. The SMILES string of the molecule is Cc1ccccc1NC(=O)N(C)c1cc2c(s1)C=C(C(=O)O)CO2. The molecule has 2 N–H and O–H groups in total. The van der Waals surface area contributed by atoms with Crippen molar-refractivity contribution in [1.82, 2.24) is 0 Å². The number of carboxylic acid groups (broad SMARTS) is 1. The molecular formula is C17H16N2O4S. The number of fused-ring (bicyclic) bond motifs is 1. The number of urea groups is 1. The molecule has 1 aliphatic rings. The third-order valence-electron chi connectivity index (χ3n) is 3.70. The maximum Gasteiger partial charge on any atom is 0.335 e. The molecule has 0 spiro atoms. The highest BCUT2D eigenvalue weighted by atomic mass is 32.1. The maximum absolute atomic E-state index is 12.4. The van der Waals surface area contributed by atoms with Gasteiger partial charge < -0.3 is 15.2 Å². The molecular weight excluding hydrogens is 328 g/mol. The molecule has 0 unspecified atom stereocenters. The zero-order chi connectivity index (χ0) is 17.3. The molecule has 1 aromatic carbocycles. The fourth-order valence-electron chi connectivity index (χ4n) is 2.25. The summed E-state index contributed by atoms with van der Waals surface area (Å²) in [5.41, 5.74) is 1.92. The minimum absolute atomic E-state index is 0.0254. The molecule has 24 heavy (non-hydrogen) atoms. The standard InChI is InChI=1S/C17H16N2O4S/c1-10-5-3-4-6-12(10)18-17(22)19(2)15-8-13-14(24-15)7-11(9-23-13)16(20)21/h3-8H,9H2,1-2H3,(H,18,22)(H,20,21). The van der Waals surface area contributed by atoms with Crippen LogP contribution in [0.25, 0.3) is 6.08 Å². The van der Waals surface area contributed by atoms with Gasteiger partial charge in [-0.3, -0.25) is 4.90 Å². The minimum atomic E-state index is -0.999. The quantitative estimate of drug-likeness (QED) is 0.892. The second-order valence-electron chi connectivity index (χ2n) is 5.38. The summed E-state index contributed by atoms with van der Waals surface area (Å²) in [6, 6.07) is 9.00. The zero-order valence-electron chi connectivity index (χ0n) is 13.2. The molecule has 0 saturated heterocycles. The van der Waals surface area contributed by atoms with Crippen LogP contribution in [0.5, 0.6) is 5.75 Å². The van der Waals surface area contributed by atoms with Gasteiger partial charge in [-0.1, -0.05) is 18.2 Å². The Kier molecular flexibility index (Phi) is 4.26. The van der Waals surface area contributed by atoms with E-state index in [4.69, 9.17) is 9.84 Å². The number of carboxylic acids is 1. The number of thiophene rings is 1. The molecule has 0 atom stereocenters. The summed E-state index contributed by atoms with van der Waals surface area (Å²) in [5, 5.41) is 12.6. The number of aliphatic carboxylic acids is 1. The molecule has 7 heteroatoms. The van der Waals surface area contributed by atoms with Gasteiger partial charge in [0.25, 0.3) is 0 Å². The van der Waals surface area contributed by atoms with Crippen molar-refractivity contribution in [2.75, 3.05) is 23.9 Å². The van der Waals surface area contributed by atoms with Crippen LogP contribution in [-0.4, -0.2) is 30.8 Å². The van der Waals surface area contributed by atoms with Crippen molar-refractivity contribution in [3.8, 4) is 5.75 Å². The van der Waals surface area contributed by atoms with E-state index in [0.717, 1.165) is 11.3 Å². The predicted octanol–water partition coefficient (Wildman–Crippen LogP) is 3.59. The number of para-hydroxylation sites is 1. The van der Waals surface area contributed by atoms with Crippen LogP contribution in [0, 0.1) is 6.92 Å². The number of ether oxygens (including phenoxy) is 1. The Morgan fingerprint density at radius 3 is 2.79 bits per heavy atom. The maximum atomic E-state index is 12.4. The highest BCUT2D eigenvalue weighted by Gasteiger charge is 2.22. The van der Waals surface area contributed by atoms with Gasteiger partial charge in [0.15, 0.2) is 0 Å². The largest absolute Gasteiger partial charge is 0.487 e. The topological polar surface area (TPSA) is 78.9 Å². The fourth-order valence-corrected chi connectivity index (χ4v) is 3.28. The average Bonchev–Trinajstić information content (AvgIpc) is 2.99. The molecule has 0 saturated carbocycles. The predicted molar refractivity (Wildman–Crippen MR) is 94.0 cm³/mol. The van der Waals surface area contributed by atoms with E-state index < -0.39 is 5.97 Å². The number of aryl methyl sites for hydroxylation is 1. The van der Waals surface area contributed by atoms with E-state index in [2.05, 4.69) is 5.32 Å². The van der Waals surface area contributed by atoms with Gasteiger partial charge in [0.1, 0.15) is 17.4 Å². The summed E-state index contributed by atoms with van der Waals surface area (Å²) in [7, 11) is 1.66. The summed E-state index contributed by atoms with van der Waals surface area (Å²) in [6.45, 7) is 1.95. The van der Waals surface area contributed by atoms with Crippen LogP contribution in [0.3, 0.4) is 0 Å². The Hall–Kier alpha value is -2.80. The number of amides is 2. The van der Waals surface area contributed by atoms with E-state index in [-0.39, 0.29) is 18.2 Å². The van der Waals surface area contributed by atoms with Gasteiger partial charge in [0.05, 0.1) is 10.5 Å². The van der Waals surface area contributed by atoms with Crippen molar-refractivity contribution >= 4 is 40.1 Å². The second-order valence-corrected chi connectivity index (χ2v) is 6.44. The lowest BCUT2D eigenvalue weighted by molar-refractivity contribution is -0.132. The Morgan fingerprint density at radius 1 is 1.33 bits per heavy atom.